The molecule has 1 N–H and O–H groups in total. The van der Waals surface area contributed by atoms with Crippen molar-refractivity contribution in [2.75, 3.05) is 11.9 Å². The molecule has 6 nitrogen and oxygen atoms in total. The number of anilines is 1. The molecule has 0 amide bonds. The number of benzene rings is 2. The number of aryl methyl sites for hydroxylation is 2. The molecule has 0 saturated carbocycles. The highest BCUT2D eigenvalue weighted by molar-refractivity contribution is 5.76. The molecule has 0 aliphatic rings. The predicted octanol–water partition coefficient (Wildman–Crippen LogP) is 4.84. The van der Waals surface area contributed by atoms with Gasteiger partial charge >= 0.3 is 0 Å². The molecule has 33 heavy (non-hydrogen) atoms. The second-order valence-corrected chi connectivity index (χ2v) is 7.72. The number of nitrogens with one attached hydrogen (secondary N) is 1. The number of nitrogens with zero attached hydrogens (tertiary/aromatic N) is 3. The van der Waals surface area contributed by atoms with Crippen molar-refractivity contribution >= 4 is 5.69 Å². The molecular weight excluding hydrogens is 426 g/mol. The van der Waals surface area contributed by atoms with Gasteiger partial charge in [-0.1, -0.05) is 0 Å². The molecule has 4 aromatic rings. The first-order chi connectivity index (χ1) is 15.8. The molecule has 0 bridgehead atoms. The molecule has 0 aliphatic carbocycles. The second kappa shape index (κ2) is 9.28. The third kappa shape index (κ3) is 4.95. The summed E-state index contributed by atoms with van der Waals surface area (Å²) in [6.07, 6.45) is 5.28. The summed E-state index contributed by atoms with van der Waals surface area (Å²) in [6.45, 7) is 4.53. The van der Waals surface area contributed by atoms with Gasteiger partial charge in [-0.3, -0.25) is 14.0 Å². The van der Waals surface area contributed by atoms with E-state index in [2.05, 4.69) is 10.4 Å². The number of rotatable bonds is 7. The molecule has 2 heterocycles. The van der Waals surface area contributed by atoms with Gasteiger partial charge in [-0.25, -0.2) is 8.78 Å². The van der Waals surface area contributed by atoms with Crippen molar-refractivity contribution in [3.8, 4) is 22.6 Å². The largest absolute Gasteiger partial charge is 0.494 e. The third-order valence-corrected chi connectivity index (χ3v) is 5.21. The average molecular weight is 450 g/mol. The minimum Gasteiger partial charge on any atom is -0.494 e. The van der Waals surface area contributed by atoms with Crippen LogP contribution < -0.4 is 15.6 Å². The van der Waals surface area contributed by atoms with Gasteiger partial charge < -0.3 is 10.1 Å². The SMILES string of the molecule is CCOc1ccc(-n2cc(-c3cnn(C)c3)c(NCc3cc(F)cc(F)c3)cc2=O)c(C)c1. The first-order valence-corrected chi connectivity index (χ1v) is 10.5. The standard InChI is InChI=1S/C25H24F2N4O2/c1-4-33-21-5-6-24(16(2)7-21)31-15-22(18-13-29-30(3)14-18)23(11-25(31)32)28-12-17-8-19(26)10-20(27)9-17/h5-11,13-15,28H,4,12H2,1-3H3. The number of ether oxygens (including phenoxy) is 1. The number of hydrogen-bond donors (Lipinski definition) is 1. The Morgan fingerprint density at radius 2 is 1.82 bits per heavy atom. The Morgan fingerprint density at radius 3 is 2.45 bits per heavy atom. The van der Waals surface area contributed by atoms with Crippen LogP contribution in [0.25, 0.3) is 16.8 Å². The molecular formula is C25H24F2N4O2. The van der Waals surface area contributed by atoms with E-state index in [-0.39, 0.29) is 12.1 Å². The van der Waals surface area contributed by atoms with E-state index >= 15 is 0 Å². The zero-order chi connectivity index (χ0) is 23.5. The van der Waals surface area contributed by atoms with Gasteiger partial charge in [0.25, 0.3) is 5.56 Å². The summed E-state index contributed by atoms with van der Waals surface area (Å²) in [5.74, 6) is -0.568. The molecule has 0 unspecified atom stereocenters. The molecule has 170 valence electrons. The predicted molar refractivity (Wildman–Crippen MR) is 124 cm³/mol. The van der Waals surface area contributed by atoms with Gasteiger partial charge in [-0.2, -0.15) is 5.10 Å². The van der Waals surface area contributed by atoms with Gasteiger partial charge in [0.05, 0.1) is 18.5 Å². The minimum absolute atomic E-state index is 0.146. The lowest BCUT2D eigenvalue weighted by Crippen LogP contribution is -2.19. The molecule has 0 saturated heterocycles. The van der Waals surface area contributed by atoms with Crippen molar-refractivity contribution < 1.29 is 13.5 Å². The lowest BCUT2D eigenvalue weighted by atomic mass is 10.1. The first kappa shape index (κ1) is 22.3. The average Bonchev–Trinajstić information content (AvgIpc) is 3.18. The van der Waals surface area contributed by atoms with Gasteiger partial charge in [-0.15, -0.1) is 0 Å². The fraction of sp³-hybridized carbons (Fsp3) is 0.200. The van der Waals surface area contributed by atoms with E-state index in [1.54, 1.807) is 28.7 Å². The Balaban J connectivity index is 1.76. The lowest BCUT2D eigenvalue weighted by molar-refractivity contribution is 0.340. The van der Waals surface area contributed by atoms with E-state index < -0.39 is 11.6 Å². The van der Waals surface area contributed by atoms with Crippen LogP contribution in [0, 0.1) is 18.6 Å². The maximum absolute atomic E-state index is 13.6. The van der Waals surface area contributed by atoms with Crippen molar-refractivity contribution in [3.05, 3.63) is 94.2 Å². The second-order valence-electron chi connectivity index (χ2n) is 7.72. The van der Waals surface area contributed by atoms with E-state index in [9.17, 15) is 13.6 Å². The Labute approximate surface area is 190 Å². The van der Waals surface area contributed by atoms with Crippen LogP contribution >= 0.6 is 0 Å². The molecule has 0 aliphatic heterocycles. The van der Waals surface area contributed by atoms with E-state index in [0.717, 1.165) is 34.2 Å². The van der Waals surface area contributed by atoms with Crippen LogP contribution in [0.5, 0.6) is 5.75 Å². The monoisotopic (exact) mass is 450 g/mol. The Bertz CT molecular complexity index is 1340. The molecule has 2 aromatic heterocycles. The molecule has 0 fully saturated rings. The summed E-state index contributed by atoms with van der Waals surface area (Å²) in [7, 11) is 1.80. The summed E-state index contributed by atoms with van der Waals surface area (Å²) in [4.78, 5) is 13.1. The van der Waals surface area contributed by atoms with Crippen LogP contribution in [0.1, 0.15) is 18.1 Å². The van der Waals surface area contributed by atoms with Crippen molar-refractivity contribution in [2.24, 2.45) is 7.05 Å². The molecule has 0 spiro atoms. The zero-order valence-corrected chi connectivity index (χ0v) is 18.6. The molecule has 0 radical (unpaired) electrons. The fourth-order valence-corrected chi connectivity index (χ4v) is 3.72. The van der Waals surface area contributed by atoms with Crippen LogP contribution in [0.2, 0.25) is 0 Å². The highest BCUT2D eigenvalue weighted by atomic mass is 19.1. The quantitative estimate of drug-likeness (QED) is 0.438. The van der Waals surface area contributed by atoms with Crippen LogP contribution in [-0.2, 0) is 13.6 Å². The minimum atomic E-state index is -0.652. The zero-order valence-electron chi connectivity index (χ0n) is 18.6. The number of pyridine rings is 1. The highest BCUT2D eigenvalue weighted by Gasteiger charge is 2.14. The van der Waals surface area contributed by atoms with Gasteiger partial charge in [0.15, 0.2) is 0 Å². The maximum Gasteiger partial charge on any atom is 0.257 e. The van der Waals surface area contributed by atoms with E-state index in [4.69, 9.17) is 4.74 Å². The third-order valence-electron chi connectivity index (χ3n) is 5.21. The van der Waals surface area contributed by atoms with Crippen LogP contribution in [-0.4, -0.2) is 21.0 Å². The topological polar surface area (TPSA) is 61.1 Å². The number of halogens is 2. The Morgan fingerprint density at radius 1 is 1.06 bits per heavy atom. The Kier molecular flexibility index (Phi) is 6.26. The van der Waals surface area contributed by atoms with E-state index in [1.165, 1.54) is 18.2 Å². The normalized spacial score (nSPS) is 10.9. The van der Waals surface area contributed by atoms with Gasteiger partial charge in [0, 0.05) is 54.9 Å². The summed E-state index contributed by atoms with van der Waals surface area (Å²) in [6, 6.07) is 10.4. The van der Waals surface area contributed by atoms with Crippen LogP contribution in [0.3, 0.4) is 0 Å². The van der Waals surface area contributed by atoms with Crippen molar-refractivity contribution in [1.82, 2.24) is 14.3 Å². The van der Waals surface area contributed by atoms with Crippen molar-refractivity contribution in [3.63, 3.8) is 0 Å². The van der Waals surface area contributed by atoms with Gasteiger partial charge in [-0.05, 0) is 55.3 Å². The van der Waals surface area contributed by atoms with Crippen molar-refractivity contribution in [1.29, 1.82) is 0 Å². The van der Waals surface area contributed by atoms with Gasteiger partial charge in [0.1, 0.15) is 17.4 Å². The smallest absolute Gasteiger partial charge is 0.257 e. The lowest BCUT2D eigenvalue weighted by Gasteiger charge is -2.16. The number of aromatic nitrogens is 3. The van der Waals surface area contributed by atoms with E-state index in [0.29, 0.717) is 17.9 Å². The molecule has 0 atom stereocenters. The summed E-state index contributed by atoms with van der Waals surface area (Å²) < 4.78 is 35.9. The summed E-state index contributed by atoms with van der Waals surface area (Å²) in [5, 5.41) is 7.38. The molecule has 8 heteroatoms. The molecule has 4 rings (SSSR count). The maximum atomic E-state index is 13.6. The fourth-order valence-electron chi connectivity index (χ4n) is 3.72. The Hall–Kier alpha value is -3.94. The molecule has 2 aromatic carbocycles. The number of hydrogen-bond acceptors (Lipinski definition) is 4. The van der Waals surface area contributed by atoms with Crippen LogP contribution in [0.15, 0.2) is 65.8 Å². The van der Waals surface area contributed by atoms with E-state index in [1.807, 2.05) is 38.2 Å². The van der Waals surface area contributed by atoms with Gasteiger partial charge in [0.2, 0.25) is 0 Å². The van der Waals surface area contributed by atoms with Crippen molar-refractivity contribution in [2.45, 2.75) is 20.4 Å². The van der Waals surface area contributed by atoms with Crippen LogP contribution in [0.4, 0.5) is 14.5 Å². The highest BCUT2D eigenvalue weighted by Crippen LogP contribution is 2.29. The first-order valence-electron chi connectivity index (χ1n) is 10.5. The summed E-state index contributed by atoms with van der Waals surface area (Å²) in [5.41, 5.74) is 3.86. The summed E-state index contributed by atoms with van der Waals surface area (Å²) >= 11 is 0.